The summed E-state index contributed by atoms with van der Waals surface area (Å²) in [6, 6.07) is 7.21. The minimum absolute atomic E-state index is 0.0448. The molecule has 2 aliphatic heterocycles. The van der Waals surface area contributed by atoms with Gasteiger partial charge in [-0.05, 0) is 152 Å². The summed E-state index contributed by atoms with van der Waals surface area (Å²) in [5, 5.41) is 52.7. The number of aliphatic hydroxyl groups is 3. The molecule has 0 unspecified atom stereocenters. The number of hydrogen-bond acceptors (Lipinski definition) is 7. The first kappa shape index (κ1) is 45.5. The molecule has 11 nitrogen and oxygen atoms in total. The predicted molar refractivity (Wildman–Crippen MR) is 241 cm³/mol. The number of nitrogens with one attached hydrogen (secondary N) is 2. The maximum Gasteiger partial charge on any atom is 0.303 e. The summed E-state index contributed by atoms with van der Waals surface area (Å²) in [5.74, 6) is -2.03. The summed E-state index contributed by atoms with van der Waals surface area (Å²) in [4.78, 5) is 40.3. The molecule has 11 heteroatoms. The predicted octanol–water partition coefficient (Wildman–Crippen LogP) is 10.7. The zero-order chi connectivity index (χ0) is 43.8. The summed E-state index contributed by atoms with van der Waals surface area (Å²) in [6.45, 7) is 18.4. The highest BCUT2D eigenvalue weighted by molar-refractivity contribution is 5.97. The number of aromatic amines is 2. The first-order valence-corrected chi connectivity index (χ1v) is 20.7. The van der Waals surface area contributed by atoms with Gasteiger partial charge >= 0.3 is 11.9 Å². The van der Waals surface area contributed by atoms with Gasteiger partial charge in [-0.15, -0.1) is 0 Å². The van der Waals surface area contributed by atoms with Crippen LogP contribution in [0.1, 0.15) is 150 Å². The van der Waals surface area contributed by atoms with Gasteiger partial charge in [0.2, 0.25) is 0 Å². The number of carboxylic acids is 2. The van der Waals surface area contributed by atoms with Crippen LogP contribution in [0.25, 0.3) is 50.4 Å². The lowest BCUT2D eigenvalue weighted by Crippen LogP contribution is -2.08. The lowest BCUT2D eigenvalue weighted by atomic mass is 9.97. The van der Waals surface area contributed by atoms with Crippen LogP contribution < -0.4 is 0 Å². The van der Waals surface area contributed by atoms with E-state index in [-0.39, 0.29) is 37.0 Å². The molecule has 1 atom stereocenters. The average Bonchev–Trinajstić information content (AvgIpc) is 3.85. The monoisotopic (exact) mass is 816 g/mol. The first-order chi connectivity index (χ1) is 28.5. The Bertz CT molecular complexity index is 2480. The summed E-state index contributed by atoms with van der Waals surface area (Å²) in [7, 11) is 0. The molecule has 60 heavy (non-hydrogen) atoms. The lowest BCUT2D eigenvalue weighted by molar-refractivity contribution is -0.137. The summed E-state index contributed by atoms with van der Waals surface area (Å²) >= 11 is 0. The van der Waals surface area contributed by atoms with Gasteiger partial charge in [-0.1, -0.05) is 47.6 Å². The van der Waals surface area contributed by atoms with Crippen LogP contribution in [-0.2, 0) is 9.59 Å². The summed E-state index contributed by atoms with van der Waals surface area (Å²) in [6.07, 6.45) is 10.6. The fourth-order valence-corrected chi connectivity index (χ4v) is 8.03. The van der Waals surface area contributed by atoms with E-state index in [1.165, 1.54) is 16.7 Å². The number of allylic oxidation sites excluding steroid dienone is 9. The van der Waals surface area contributed by atoms with Crippen LogP contribution in [-0.4, -0.2) is 63.7 Å². The Morgan fingerprint density at radius 1 is 0.667 bits per heavy atom. The maximum absolute atomic E-state index is 11.9. The highest BCUT2D eigenvalue weighted by Gasteiger charge is 2.27. The minimum Gasteiger partial charge on any atom is -0.481 e. The zero-order valence-electron chi connectivity index (χ0n) is 36.0. The average molecular weight is 817 g/mol. The Morgan fingerprint density at radius 2 is 1.22 bits per heavy atom. The van der Waals surface area contributed by atoms with Crippen molar-refractivity contribution in [1.82, 2.24) is 19.9 Å². The SMILES string of the molecule is C=Cc1c(C)c2cc3[nH]c(cc4nc(cc5nc(cc1[nH]2)C(C)=C5CCC(=O)O)C(CCC(=O)O)=C4C(O)O)c(C)c3[C@@H](O)CC/C=C(\C)CC/C=C(\C)CCC=C(C)C. The molecular formula is C49H60N4O7. The molecule has 3 aromatic heterocycles. The molecule has 5 rings (SSSR count). The van der Waals surface area contributed by atoms with Crippen LogP contribution in [0.4, 0.5) is 0 Å². The van der Waals surface area contributed by atoms with E-state index >= 15 is 0 Å². The molecule has 318 valence electrons. The Kier molecular flexibility index (Phi) is 15.2. The molecule has 0 aromatic carbocycles. The molecule has 3 aromatic rings. The number of aliphatic carboxylic acids is 2. The van der Waals surface area contributed by atoms with Crippen molar-refractivity contribution in [1.29, 1.82) is 0 Å². The van der Waals surface area contributed by atoms with Crippen LogP contribution in [0.2, 0.25) is 0 Å². The van der Waals surface area contributed by atoms with Crippen molar-refractivity contribution in [2.24, 2.45) is 0 Å². The Morgan fingerprint density at radius 3 is 1.83 bits per heavy atom. The van der Waals surface area contributed by atoms with Gasteiger partial charge in [-0.25, -0.2) is 9.97 Å². The number of carboxylic acid groups (broad SMARTS) is 2. The Hall–Kier alpha value is -5.62. The third-order valence-electron chi connectivity index (χ3n) is 11.4. The smallest absolute Gasteiger partial charge is 0.303 e. The Labute approximate surface area is 352 Å². The van der Waals surface area contributed by atoms with Gasteiger partial charge in [-0.3, -0.25) is 9.59 Å². The molecular weight excluding hydrogens is 757 g/mol. The zero-order valence-corrected chi connectivity index (χ0v) is 36.0. The third-order valence-corrected chi connectivity index (χ3v) is 11.4. The highest BCUT2D eigenvalue weighted by Crippen LogP contribution is 2.40. The molecule has 7 N–H and O–H groups in total. The van der Waals surface area contributed by atoms with Crippen molar-refractivity contribution >= 4 is 62.4 Å². The maximum atomic E-state index is 11.9. The first-order valence-electron chi connectivity index (χ1n) is 20.7. The van der Waals surface area contributed by atoms with Crippen LogP contribution in [0, 0.1) is 13.8 Å². The number of nitrogens with zero attached hydrogens (tertiary/aromatic N) is 2. The fourth-order valence-electron chi connectivity index (χ4n) is 8.03. The van der Waals surface area contributed by atoms with Gasteiger partial charge in [0.1, 0.15) is 0 Å². The standard InChI is InChI=1S/C49H60N4O7/c1-9-33-30(6)37-24-42-47(44(54)18-12-17-29(5)16-11-15-28(4)14-10-13-27(2)3)32(8)38(52-42)25-43-48(49(59)60)35(20-22-46(57)58)41(53-43)26-40-34(19-21-45(55)56)31(7)36(51-40)23-39(33)50-37/h9,13,15,17,23-26,44,49-50,52,54,59-60H,1,10-12,14,16,18-22H2,2-8H3,(H,55,56)(H,57,58)/b28-15+,29-17+,36-23?,37-24?,38-25?,39-23?,40-26?,41-26?,42-24?,43-25?/t44-/m0/s1. The number of hydrogen-bond donors (Lipinski definition) is 7. The topological polar surface area (TPSA) is 193 Å². The highest BCUT2D eigenvalue weighted by atomic mass is 16.5. The van der Waals surface area contributed by atoms with E-state index in [1.54, 1.807) is 18.2 Å². The number of fused-ring (bicyclic) bond motifs is 8. The van der Waals surface area contributed by atoms with Crippen LogP contribution >= 0.6 is 0 Å². The van der Waals surface area contributed by atoms with Crippen molar-refractivity contribution in [2.75, 3.05) is 0 Å². The number of H-pyrrole nitrogens is 2. The van der Waals surface area contributed by atoms with Gasteiger partial charge in [0, 0.05) is 51.6 Å². The van der Waals surface area contributed by atoms with Gasteiger partial charge in [-0.2, -0.15) is 0 Å². The van der Waals surface area contributed by atoms with Crippen molar-refractivity contribution < 1.29 is 35.1 Å². The number of aryl methyl sites for hydroxylation is 2. The second kappa shape index (κ2) is 20.1. The molecule has 0 saturated carbocycles. The number of carbonyl (C=O) groups is 2. The van der Waals surface area contributed by atoms with Gasteiger partial charge in [0.15, 0.2) is 6.29 Å². The van der Waals surface area contributed by atoms with E-state index in [2.05, 4.69) is 62.5 Å². The van der Waals surface area contributed by atoms with E-state index in [0.29, 0.717) is 57.7 Å². The number of aromatic nitrogens is 4. The quantitative estimate of drug-likeness (QED) is 0.0483. The van der Waals surface area contributed by atoms with Crippen LogP contribution in [0.15, 0.2) is 65.8 Å². The summed E-state index contributed by atoms with van der Waals surface area (Å²) < 4.78 is 0. The van der Waals surface area contributed by atoms with Gasteiger partial charge < -0.3 is 35.5 Å². The second-order valence-corrected chi connectivity index (χ2v) is 16.2. The summed E-state index contributed by atoms with van der Waals surface area (Å²) in [5.41, 5.74) is 13.4. The fraction of sp³-hybridized carbons (Fsp3) is 0.388. The van der Waals surface area contributed by atoms with Crippen LogP contribution in [0.5, 0.6) is 0 Å². The molecule has 0 fully saturated rings. The molecule has 0 saturated heterocycles. The molecule has 5 heterocycles. The van der Waals surface area contributed by atoms with Crippen molar-refractivity contribution in [3.8, 4) is 0 Å². The number of rotatable bonds is 18. The van der Waals surface area contributed by atoms with E-state index in [4.69, 9.17) is 9.97 Å². The molecule has 0 spiro atoms. The molecule has 0 aliphatic carbocycles. The van der Waals surface area contributed by atoms with E-state index in [1.807, 2.05) is 32.9 Å². The molecule has 2 aliphatic rings. The van der Waals surface area contributed by atoms with E-state index in [0.717, 1.165) is 59.0 Å². The number of aliphatic hydroxyl groups excluding tert-OH is 2. The van der Waals surface area contributed by atoms with Gasteiger partial charge in [0.05, 0.1) is 28.9 Å². The van der Waals surface area contributed by atoms with Gasteiger partial charge in [0.25, 0.3) is 0 Å². The second-order valence-electron chi connectivity index (χ2n) is 16.2. The lowest BCUT2D eigenvalue weighted by Gasteiger charge is -2.11. The van der Waals surface area contributed by atoms with Crippen molar-refractivity contribution in [3.05, 3.63) is 111 Å². The van der Waals surface area contributed by atoms with E-state index in [9.17, 15) is 35.1 Å². The molecule has 0 radical (unpaired) electrons. The third kappa shape index (κ3) is 10.9. The molecule has 0 amide bonds. The van der Waals surface area contributed by atoms with Crippen LogP contribution in [0.3, 0.4) is 0 Å². The molecule has 8 bridgehead atoms. The Balaban J connectivity index is 1.67. The normalized spacial score (nSPS) is 14.0. The van der Waals surface area contributed by atoms with E-state index < -0.39 is 24.3 Å². The van der Waals surface area contributed by atoms with Crippen molar-refractivity contribution in [2.45, 2.75) is 125 Å². The largest absolute Gasteiger partial charge is 0.481 e. The van der Waals surface area contributed by atoms with Crippen molar-refractivity contribution in [3.63, 3.8) is 0 Å². The minimum atomic E-state index is -1.98.